The average Bonchev–Trinajstić information content (AvgIpc) is 2.74. The van der Waals surface area contributed by atoms with E-state index >= 15 is 0 Å². The minimum Gasteiger partial charge on any atom is -0.325 e. The van der Waals surface area contributed by atoms with Crippen LogP contribution in [-0.4, -0.2) is 20.2 Å². The van der Waals surface area contributed by atoms with Crippen LogP contribution in [0.2, 0.25) is 5.28 Å². The first-order valence-corrected chi connectivity index (χ1v) is 5.81. The minimum absolute atomic E-state index is 0.215. The third-order valence-corrected chi connectivity index (χ3v) is 2.70. The monoisotopic (exact) mass is 259 g/mol. The lowest BCUT2D eigenvalue weighted by Gasteiger charge is -2.06. The lowest BCUT2D eigenvalue weighted by atomic mass is 10.2. The second-order valence-corrected chi connectivity index (χ2v) is 4.24. The highest BCUT2D eigenvalue weighted by Gasteiger charge is 2.07. The number of hydrogen-bond acceptors (Lipinski definition) is 4. The Morgan fingerprint density at radius 2 is 2.06 bits per heavy atom. The minimum atomic E-state index is 0.215. The number of halogens is 1. The number of fused-ring (bicyclic) bond motifs is 1. The molecule has 18 heavy (non-hydrogen) atoms. The van der Waals surface area contributed by atoms with Crippen LogP contribution in [-0.2, 0) is 0 Å². The fourth-order valence-electron chi connectivity index (χ4n) is 1.76. The van der Waals surface area contributed by atoms with Gasteiger partial charge in [-0.15, -0.1) is 0 Å². The van der Waals surface area contributed by atoms with Crippen LogP contribution < -0.4 is 5.32 Å². The van der Waals surface area contributed by atoms with Gasteiger partial charge in [0.25, 0.3) is 0 Å². The van der Waals surface area contributed by atoms with E-state index in [0.29, 0.717) is 5.82 Å². The van der Waals surface area contributed by atoms with Crippen LogP contribution in [0.4, 0.5) is 11.6 Å². The van der Waals surface area contributed by atoms with Crippen LogP contribution in [0.1, 0.15) is 5.69 Å². The summed E-state index contributed by atoms with van der Waals surface area (Å²) in [6.07, 6.45) is 0. The lowest BCUT2D eigenvalue weighted by Crippen LogP contribution is -1.97. The summed E-state index contributed by atoms with van der Waals surface area (Å²) in [4.78, 5) is 8.37. The number of rotatable bonds is 2. The molecule has 0 saturated heterocycles. The second kappa shape index (κ2) is 4.27. The molecule has 0 radical (unpaired) electrons. The Bertz CT molecular complexity index is 707. The van der Waals surface area contributed by atoms with Crippen molar-refractivity contribution in [1.82, 2.24) is 20.2 Å². The number of anilines is 2. The van der Waals surface area contributed by atoms with Gasteiger partial charge in [-0.05, 0) is 30.7 Å². The Balaban J connectivity index is 2.10. The zero-order valence-electron chi connectivity index (χ0n) is 9.61. The molecule has 2 heterocycles. The first-order valence-electron chi connectivity index (χ1n) is 5.44. The number of aryl methyl sites for hydroxylation is 1. The van der Waals surface area contributed by atoms with Crippen molar-refractivity contribution in [2.45, 2.75) is 6.92 Å². The molecule has 0 aliphatic heterocycles. The summed E-state index contributed by atoms with van der Waals surface area (Å²) in [7, 11) is 0. The van der Waals surface area contributed by atoms with Crippen LogP contribution in [0.15, 0.2) is 30.3 Å². The van der Waals surface area contributed by atoms with Crippen molar-refractivity contribution in [2.75, 3.05) is 5.32 Å². The number of para-hydroxylation sites is 1. The Morgan fingerprint density at radius 3 is 2.83 bits per heavy atom. The number of nitrogens with one attached hydrogen (secondary N) is 2. The normalized spacial score (nSPS) is 10.8. The highest BCUT2D eigenvalue weighted by atomic mass is 35.5. The van der Waals surface area contributed by atoms with E-state index in [4.69, 9.17) is 11.6 Å². The molecule has 0 bridgehead atoms. The van der Waals surface area contributed by atoms with E-state index in [0.717, 1.165) is 22.4 Å². The van der Waals surface area contributed by atoms with Gasteiger partial charge in [0, 0.05) is 11.5 Å². The summed E-state index contributed by atoms with van der Waals surface area (Å²) in [5, 5.41) is 11.2. The topological polar surface area (TPSA) is 66.5 Å². The lowest BCUT2D eigenvalue weighted by molar-refractivity contribution is 1.05. The van der Waals surface area contributed by atoms with Crippen molar-refractivity contribution in [1.29, 1.82) is 0 Å². The van der Waals surface area contributed by atoms with Crippen molar-refractivity contribution in [3.63, 3.8) is 0 Å². The average molecular weight is 260 g/mol. The molecule has 0 amide bonds. The van der Waals surface area contributed by atoms with Gasteiger partial charge in [-0.1, -0.05) is 12.1 Å². The zero-order chi connectivity index (χ0) is 12.5. The maximum atomic E-state index is 5.91. The largest absolute Gasteiger partial charge is 0.325 e. The van der Waals surface area contributed by atoms with Gasteiger partial charge in [-0.3, -0.25) is 5.10 Å². The summed E-state index contributed by atoms with van der Waals surface area (Å²) >= 11 is 5.91. The molecule has 0 unspecified atom stereocenters. The summed E-state index contributed by atoms with van der Waals surface area (Å²) in [5.74, 6) is 1.43. The molecule has 0 fully saturated rings. The predicted molar refractivity (Wildman–Crippen MR) is 71.2 cm³/mol. The van der Waals surface area contributed by atoms with Gasteiger partial charge in [0.05, 0.1) is 11.2 Å². The SMILES string of the molecule is Cc1cc(Nc2nc(Cl)nc3ccccc23)[nH]n1. The highest BCUT2D eigenvalue weighted by molar-refractivity contribution is 6.28. The molecule has 90 valence electrons. The van der Waals surface area contributed by atoms with E-state index in [9.17, 15) is 0 Å². The molecular weight excluding hydrogens is 250 g/mol. The summed E-state index contributed by atoms with van der Waals surface area (Å²) in [6, 6.07) is 9.58. The van der Waals surface area contributed by atoms with Crippen molar-refractivity contribution < 1.29 is 0 Å². The summed E-state index contributed by atoms with van der Waals surface area (Å²) in [5.41, 5.74) is 1.71. The third-order valence-electron chi connectivity index (χ3n) is 2.53. The van der Waals surface area contributed by atoms with E-state index in [1.807, 2.05) is 37.3 Å². The molecule has 2 N–H and O–H groups in total. The number of hydrogen-bond donors (Lipinski definition) is 2. The van der Waals surface area contributed by atoms with Gasteiger partial charge in [-0.2, -0.15) is 10.1 Å². The van der Waals surface area contributed by atoms with Crippen LogP contribution in [0.5, 0.6) is 0 Å². The van der Waals surface area contributed by atoms with Crippen LogP contribution in [0, 0.1) is 6.92 Å². The fourth-order valence-corrected chi connectivity index (χ4v) is 1.93. The predicted octanol–water partition coefficient (Wildman–Crippen LogP) is 3.06. The molecule has 0 aliphatic rings. The van der Waals surface area contributed by atoms with Gasteiger partial charge in [0.2, 0.25) is 5.28 Å². The molecule has 3 rings (SSSR count). The molecule has 2 aromatic heterocycles. The number of H-pyrrole nitrogens is 1. The van der Waals surface area contributed by atoms with Gasteiger partial charge in [0.1, 0.15) is 11.6 Å². The molecule has 1 aromatic carbocycles. The maximum Gasteiger partial charge on any atom is 0.224 e. The Labute approximate surface area is 108 Å². The Hall–Kier alpha value is -2.14. The zero-order valence-corrected chi connectivity index (χ0v) is 10.4. The number of aromatic nitrogens is 4. The smallest absolute Gasteiger partial charge is 0.224 e. The van der Waals surface area contributed by atoms with E-state index in [1.54, 1.807) is 0 Å². The molecule has 3 aromatic rings. The summed E-state index contributed by atoms with van der Waals surface area (Å²) < 4.78 is 0. The standard InChI is InChI=1S/C12H10ClN5/c1-7-6-10(18-17-7)15-11-8-4-2-3-5-9(8)14-12(13)16-11/h2-6H,1H3,(H2,14,15,16,17,18). The van der Waals surface area contributed by atoms with E-state index in [2.05, 4.69) is 25.5 Å². The fraction of sp³-hybridized carbons (Fsp3) is 0.0833. The first-order chi connectivity index (χ1) is 8.72. The number of nitrogens with zero attached hydrogens (tertiary/aromatic N) is 3. The van der Waals surface area contributed by atoms with E-state index in [1.165, 1.54) is 0 Å². The maximum absolute atomic E-state index is 5.91. The van der Waals surface area contributed by atoms with E-state index in [-0.39, 0.29) is 5.28 Å². The summed E-state index contributed by atoms with van der Waals surface area (Å²) in [6.45, 7) is 1.91. The molecule has 0 atom stereocenters. The molecular formula is C12H10ClN5. The van der Waals surface area contributed by atoms with Crippen LogP contribution in [0.3, 0.4) is 0 Å². The van der Waals surface area contributed by atoms with Gasteiger partial charge in [-0.25, -0.2) is 4.98 Å². The van der Waals surface area contributed by atoms with Crippen molar-refractivity contribution in [2.24, 2.45) is 0 Å². The Morgan fingerprint density at radius 1 is 1.22 bits per heavy atom. The molecule has 0 saturated carbocycles. The van der Waals surface area contributed by atoms with Crippen molar-refractivity contribution >= 4 is 34.1 Å². The van der Waals surface area contributed by atoms with Crippen molar-refractivity contribution in [3.05, 3.63) is 41.3 Å². The van der Waals surface area contributed by atoms with Crippen molar-refractivity contribution in [3.8, 4) is 0 Å². The third kappa shape index (κ3) is 2.00. The molecule has 6 heteroatoms. The van der Waals surface area contributed by atoms with Crippen LogP contribution >= 0.6 is 11.6 Å². The molecule has 0 spiro atoms. The van der Waals surface area contributed by atoms with Gasteiger partial charge < -0.3 is 5.32 Å². The molecule has 5 nitrogen and oxygen atoms in total. The number of benzene rings is 1. The van der Waals surface area contributed by atoms with Crippen LogP contribution in [0.25, 0.3) is 10.9 Å². The van der Waals surface area contributed by atoms with Gasteiger partial charge >= 0.3 is 0 Å². The van der Waals surface area contributed by atoms with Gasteiger partial charge in [0.15, 0.2) is 0 Å². The highest BCUT2D eigenvalue weighted by Crippen LogP contribution is 2.24. The second-order valence-electron chi connectivity index (χ2n) is 3.91. The first kappa shape index (κ1) is 11.0. The quantitative estimate of drug-likeness (QED) is 0.694. The van der Waals surface area contributed by atoms with E-state index < -0.39 is 0 Å². The Kier molecular flexibility index (Phi) is 2.60. The number of aromatic amines is 1. The molecule has 0 aliphatic carbocycles.